The number of para-hydroxylation sites is 1. The Labute approximate surface area is 157 Å². The number of rotatable bonds is 5. The molecular formula is C24H28N2. The van der Waals surface area contributed by atoms with Crippen molar-refractivity contribution in [1.29, 1.82) is 0 Å². The van der Waals surface area contributed by atoms with Gasteiger partial charge in [-0.25, -0.2) is 0 Å². The maximum absolute atomic E-state index is 4.83. The van der Waals surface area contributed by atoms with Crippen LogP contribution in [0.1, 0.15) is 38.8 Å². The Morgan fingerprint density at radius 1 is 1.00 bits per heavy atom. The summed E-state index contributed by atoms with van der Waals surface area (Å²) in [5, 5.41) is 3.37. The van der Waals surface area contributed by atoms with Gasteiger partial charge in [-0.15, -0.1) is 0 Å². The molecule has 0 amide bonds. The van der Waals surface area contributed by atoms with Crippen LogP contribution in [0.2, 0.25) is 0 Å². The van der Waals surface area contributed by atoms with Crippen LogP contribution in [0.5, 0.6) is 0 Å². The van der Waals surface area contributed by atoms with Gasteiger partial charge in [-0.3, -0.25) is 4.99 Å². The maximum Gasteiger partial charge on any atom is 0.0674 e. The van der Waals surface area contributed by atoms with Gasteiger partial charge in [-0.2, -0.15) is 0 Å². The molecule has 0 saturated carbocycles. The second kappa shape index (κ2) is 6.95. The Morgan fingerprint density at radius 3 is 2.31 bits per heavy atom. The third kappa shape index (κ3) is 3.24. The number of fused-ring (bicyclic) bond motifs is 1. The van der Waals surface area contributed by atoms with Crippen molar-refractivity contribution in [2.45, 2.75) is 38.5 Å². The molecule has 0 unspecified atom stereocenters. The second-order valence-electron chi connectivity index (χ2n) is 7.82. The van der Waals surface area contributed by atoms with Gasteiger partial charge in [0.1, 0.15) is 0 Å². The molecule has 26 heavy (non-hydrogen) atoms. The Kier molecular flexibility index (Phi) is 4.86. The van der Waals surface area contributed by atoms with Crippen molar-refractivity contribution in [2.75, 3.05) is 7.05 Å². The molecule has 0 aromatic heterocycles. The van der Waals surface area contributed by atoms with Gasteiger partial charge in [0.25, 0.3) is 0 Å². The van der Waals surface area contributed by atoms with Crippen LogP contribution in [0.4, 0.5) is 5.69 Å². The van der Waals surface area contributed by atoms with Crippen LogP contribution in [0.3, 0.4) is 0 Å². The highest BCUT2D eigenvalue weighted by Crippen LogP contribution is 2.40. The molecule has 2 aromatic rings. The quantitative estimate of drug-likeness (QED) is 0.693. The molecule has 0 saturated heterocycles. The maximum atomic E-state index is 4.83. The summed E-state index contributed by atoms with van der Waals surface area (Å²) in [5.74, 6) is 0. The highest BCUT2D eigenvalue weighted by Gasteiger charge is 2.33. The molecule has 2 nitrogen and oxygen atoms in total. The molecule has 2 aromatic carbocycles. The van der Waals surface area contributed by atoms with Crippen molar-refractivity contribution in [3.63, 3.8) is 0 Å². The van der Waals surface area contributed by atoms with Crippen LogP contribution in [-0.2, 0) is 10.8 Å². The first-order valence-electron chi connectivity index (χ1n) is 9.18. The molecule has 1 N–H and O–H groups in total. The van der Waals surface area contributed by atoms with Crippen molar-refractivity contribution >= 4 is 11.4 Å². The van der Waals surface area contributed by atoms with E-state index in [0.717, 1.165) is 11.4 Å². The number of hydrogen-bond donors (Lipinski definition) is 1. The van der Waals surface area contributed by atoms with E-state index in [0.29, 0.717) is 0 Å². The zero-order chi connectivity index (χ0) is 18.8. The summed E-state index contributed by atoms with van der Waals surface area (Å²) < 4.78 is 0. The average molecular weight is 345 g/mol. The van der Waals surface area contributed by atoms with Crippen LogP contribution >= 0.6 is 0 Å². The Balaban J connectivity index is 1.87. The van der Waals surface area contributed by atoms with Crippen LogP contribution in [0.15, 0.2) is 83.5 Å². The molecular weight excluding hydrogens is 316 g/mol. The van der Waals surface area contributed by atoms with E-state index in [1.807, 2.05) is 13.1 Å². The number of nitrogens with zero attached hydrogens (tertiary/aromatic N) is 1. The lowest BCUT2D eigenvalue weighted by molar-refractivity contribution is 0.581. The lowest BCUT2D eigenvalue weighted by Crippen LogP contribution is -2.28. The van der Waals surface area contributed by atoms with E-state index >= 15 is 0 Å². The number of aliphatic imine (C=N–C) groups is 1. The first-order chi connectivity index (χ1) is 12.4. The summed E-state index contributed by atoms with van der Waals surface area (Å²) in [6, 6.07) is 19.0. The average Bonchev–Trinajstić information content (AvgIpc) is 2.90. The van der Waals surface area contributed by atoms with Gasteiger partial charge in [0.2, 0.25) is 0 Å². The van der Waals surface area contributed by atoms with Gasteiger partial charge in [0.05, 0.1) is 11.4 Å². The van der Waals surface area contributed by atoms with Crippen molar-refractivity contribution < 1.29 is 0 Å². The van der Waals surface area contributed by atoms with E-state index in [1.54, 1.807) is 0 Å². The van der Waals surface area contributed by atoms with Crippen molar-refractivity contribution in [1.82, 2.24) is 5.32 Å². The van der Waals surface area contributed by atoms with Crippen LogP contribution < -0.4 is 5.32 Å². The van der Waals surface area contributed by atoms with Crippen LogP contribution in [0, 0.1) is 0 Å². The van der Waals surface area contributed by atoms with Gasteiger partial charge in [0, 0.05) is 23.6 Å². The molecule has 0 bridgehead atoms. The largest absolute Gasteiger partial charge is 0.391 e. The van der Waals surface area contributed by atoms with E-state index in [1.165, 1.54) is 16.8 Å². The third-order valence-electron chi connectivity index (χ3n) is 5.41. The zero-order valence-electron chi connectivity index (χ0n) is 16.4. The fourth-order valence-electron chi connectivity index (χ4n) is 3.60. The minimum absolute atomic E-state index is 0.0598. The third-order valence-corrected chi connectivity index (χ3v) is 5.41. The first-order valence-corrected chi connectivity index (χ1v) is 9.18. The zero-order valence-corrected chi connectivity index (χ0v) is 16.4. The lowest BCUT2D eigenvalue weighted by Gasteiger charge is -2.28. The lowest BCUT2D eigenvalue weighted by atomic mass is 9.80. The number of likely N-dealkylation sites (N-methyl/N-ethyl adjacent to an activating group) is 1. The SMILES string of the molecule is CN/C(=C\C=C\C1=Nc2ccccc2C1(C)C)C(C)(C)c1ccccc1. The van der Waals surface area contributed by atoms with E-state index in [-0.39, 0.29) is 10.8 Å². The van der Waals surface area contributed by atoms with Crippen molar-refractivity contribution in [3.05, 3.63) is 89.6 Å². The predicted octanol–water partition coefficient (Wildman–Crippen LogP) is 5.69. The van der Waals surface area contributed by atoms with Crippen LogP contribution in [-0.4, -0.2) is 12.8 Å². The van der Waals surface area contributed by atoms with Crippen molar-refractivity contribution in [3.8, 4) is 0 Å². The molecule has 1 heterocycles. The molecule has 1 aliphatic rings. The molecule has 0 radical (unpaired) electrons. The highest BCUT2D eigenvalue weighted by molar-refractivity contribution is 6.08. The number of nitrogens with one attached hydrogen (secondary N) is 1. The molecule has 1 aliphatic heterocycles. The van der Waals surface area contributed by atoms with Gasteiger partial charge in [-0.1, -0.05) is 82.3 Å². The monoisotopic (exact) mass is 344 g/mol. The molecule has 2 heteroatoms. The van der Waals surface area contributed by atoms with Gasteiger partial charge in [0.15, 0.2) is 0 Å². The fourth-order valence-corrected chi connectivity index (χ4v) is 3.60. The van der Waals surface area contributed by atoms with Gasteiger partial charge in [-0.05, 0) is 29.3 Å². The Morgan fingerprint density at radius 2 is 1.65 bits per heavy atom. The second-order valence-corrected chi connectivity index (χ2v) is 7.82. The van der Waals surface area contributed by atoms with Crippen LogP contribution in [0.25, 0.3) is 0 Å². The van der Waals surface area contributed by atoms with Crippen molar-refractivity contribution in [2.24, 2.45) is 4.99 Å². The normalized spacial score (nSPS) is 16.5. The number of allylic oxidation sites excluding steroid dienone is 4. The molecule has 134 valence electrons. The number of benzene rings is 2. The first kappa shape index (κ1) is 18.2. The fraction of sp³-hybridized carbons (Fsp3) is 0.292. The molecule has 0 aliphatic carbocycles. The summed E-state index contributed by atoms with van der Waals surface area (Å²) in [6.07, 6.45) is 6.41. The topological polar surface area (TPSA) is 24.4 Å². The van der Waals surface area contributed by atoms with Gasteiger partial charge < -0.3 is 5.32 Å². The summed E-state index contributed by atoms with van der Waals surface area (Å²) in [6.45, 7) is 8.95. The molecule has 0 atom stereocenters. The molecule has 0 spiro atoms. The number of hydrogen-bond acceptors (Lipinski definition) is 2. The smallest absolute Gasteiger partial charge is 0.0674 e. The summed E-state index contributed by atoms with van der Waals surface area (Å²) in [4.78, 5) is 4.83. The summed E-state index contributed by atoms with van der Waals surface area (Å²) in [7, 11) is 1.98. The van der Waals surface area contributed by atoms with E-state index < -0.39 is 0 Å². The Bertz CT molecular complexity index is 868. The van der Waals surface area contributed by atoms with E-state index in [2.05, 4.69) is 99.8 Å². The standard InChI is InChI=1S/C24H28N2/c1-23(2,18-12-7-6-8-13-18)21(25-5)16-11-17-22-24(3,4)19-14-9-10-15-20(19)26-22/h6-17,25H,1-5H3/b17-11+,21-16-. The van der Waals surface area contributed by atoms with E-state index in [9.17, 15) is 0 Å². The van der Waals surface area contributed by atoms with E-state index in [4.69, 9.17) is 4.99 Å². The highest BCUT2D eigenvalue weighted by atomic mass is 14.9. The summed E-state index contributed by atoms with van der Waals surface area (Å²) >= 11 is 0. The molecule has 3 rings (SSSR count). The summed E-state index contributed by atoms with van der Waals surface area (Å²) in [5.41, 5.74) is 5.80. The Hall–Kier alpha value is -2.61. The minimum atomic E-state index is -0.0870. The van der Waals surface area contributed by atoms with Gasteiger partial charge >= 0.3 is 0 Å². The predicted molar refractivity (Wildman–Crippen MR) is 112 cm³/mol. The minimum Gasteiger partial charge on any atom is -0.391 e. The molecule has 0 fully saturated rings.